The molecule has 0 radical (unpaired) electrons. The minimum absolute atomic E-state index is 0.793. The highest BCUT2D eigenvalue weighted by Crippen LogP contribution is 2.32. The first kappa shape index (κ1) is 39.3. The first-order valence-electron chi connectivity index (χ1n) is 13.2. The predicted octanol–water partition coefficient (Wildman–Crippen LogP) is -0.836. The molecule has 0 bridgehead atoms. The van der Waals surface area contributed by atoms with E-state index < -0.39 is 115 Å². The Kier molecular flexibility index (Phi) is 16.0. The molecule has 18 nitrogen and oxygen atoms in total. The second-order valence-corrected chi connectivity index (χ2v) is 10.2. The number of carbonyl (C=O) groups is 8. The van der Waals surface area contributed by atoms with E-state index in [0.717, 1.165) is 48.5 Å². The number of halogens is 1. The quantitative estimate of drug-likeness (QED) is 0.124. The summed E-state index contributed by atoms with van der Waals surface area (Å²) in [7, 11) is 0. The van der Waals surface area contributed by atoms with Crippen molar-refractivity contribution in [3.05, 3.63) is 0 Å². The number of carbonyl (C=O) groups excluding carboxylic acids is 8. The van der Waals surface area contributed by atoms with Gasteiger partial charge in [0.2, 0.25) is 10.8 Å². The third-order valence-electron chi connectivity index (χ3n) is 5.54. The first-order chi connectivity index (χ1) is 20.9. The molecule has 0 saturated carbocycles. The summed E-state index contributed by atoms with van der Waals surface area (Å²) < 4.78 is 47.1. The summed E-state index contributed by atoms with van der Waals surface area (Å²) in [5.74, 6) is -6.78. The monoisotopic (exact) mass is 714 g/mol. The number of ether oxygens (including phenoxy) is 9. The Hall–Kier alpha value is -3.68. The Morgan fingerprint density at radius 3 is 1.56 bits per heavy atom. The molecule has 1 saturated heterocycles. The highest BCUT2D eigenvalue weighted by Gasteiger charge is 2.55. The summed E-state index contributed by atoms with van der Waals surface area (Å²) in [6, 6.07) is 0. The molecule has 0 aromatic rings. The topological polar surface area (TPSA) is 240 Å². The van der Waals surface area contributed by atoms with Crippen LogP contribution in [0.25, 0.3) is 0 Å². The van der Waals surface area contributed by atoms with Gasteiger partial charge in [-0.3, -0.25) is 38.4 Å². The van der Waals surface area contributed by atoms with Crippen molar-refractivity contribution in [2.24, 2.45) is 0 Å². The molecule has 19 heteroatoms. The van der Waals surface area contributed by atoms with Gasteiger partial charge in [-0.15, -0.1) is 0 Å². The number of hydrogen-bond donors (Lipinski definition) is 1. The molecule has 1 heterocycles. The molecule has 1 aliphatic heterocycles. The van der Waals surface area contributed by atoms with Crippen LogP contribution in [0, 0.1) is 0 Å². The van der Waals surface area contributed by atoms with E-state index in [1.54, 1.807) is 0 Å². The van der Waals surface area contributed by atoms with Crippen molar-refractivity contribution in [2.45, 2.75) is 104 Å². The second-order valence-electron chi connectivity index (χ2n) is 9.41. The molecule has 0 amide bonds. The smallest absolute Gasteiger partial charge is 0.303 e. The van der Waals surface area contributed by atoms with Crippen LogP contribution >= 0.6 is 15.9 Å². The molecule has 0 spiro atoms. The molecule has 0 aromatic heterocycles. The Morgan fingerprint density at radius 2 is 1.13 bits per heavy atom. The Balaban J connectivity index is 3.96. The molecule has 1 rings (SSSR count). The zero-order chi connectivity index (χ0) is 34.6. The van der Waals surface area contributed by atoms with Crippen LogP contribution in [-0.2, 0) is 81.0 Å². The third-order valence-corrected chi connectivity index (χ3v) is 6.00. The average Bonchev–Trinajstić information content (AvgIpc) is 2.88. The van der Waals surface area contributed by atoms with Gasteiger partial charge in [0.25, 0.3) is 0 Å². The number of hydrogen-bond acceptors (Lipinski definition) is 18. The summed E-state index contributed by atoms with van der Waals surface area (Å²) in [4.78, 5) is 96.7. The van der Waals surface area contributed by atoms with Crippen molar-refractivity contribution in [2.75, 3.05) is 13.2 Å². The van der Waals surface area contributed by atoms with Crippen molar-refractivity contribution >= 4 is 62.4 Å². The van der Waals surface area contributed by atoms with Crippen LogP contribution in [0.4, 0.5) is 0 Å². The first-order valence-corrected chi connectivity index (χ1v) is 13.9. The van der Waals surface area contributed by atoms with Gasteiger partial charge < -0.3 is 47.7 Å². The van der Waals surface area contributed by atoms with Gasteiger partial charge >= 0.3 is 41.8 Å². The number of esters is 7. The van der Waals surface area contributed by atoms with Gasteiger partial charge in [-0.05, 0) is 15.9 Å². The maximum Gasteiger partial charge on any atom is 0.303 e. The predicted molar refractivity (Wildman–Crippen MR) is 145 cm³/mol. The molecule has 1 N–H and O–H groups in total. The van der Waals surface area contributed by atoms with Crippen LogP contribution in [0.5, 0.6) is 0 Å². The van der Waals surface area contributed by atoms with Gasteiger partial charge in [-0.2, -0.15) is 0 Å². The van der Waals surface area contributed by atoms with E-state index in [1.165, 1.54) is 0 Å². The van der Waals surface area contributed by atoms with Crippen LogP contribution in [0.2, 0.25) is 0 Å². The van der Waals surface area contributed by atoms with Gasteiger partial charge in [0.15, 0.2) is 36.8 Å². The van der Waals surface area contributed by atoms with Gasteiger partial charge in [0.1, 0.15) is 18.8 Å². The molecular weight excluding hydrogens is 680 g/mol. The molecule has 1 aliphatic rings. The van der Waals surface area contributed by atoms with Crippen molar-refractivity contribution in [1.29, 1.82) is 0 Å². The molecule has 0 aromatic carbocycles. The summed E-state index contributed by atoms with van der Waals surface area (Å²) in [6.45, 7) is 5.08. The Labute approximate surface area is 265 Å². The Bertz CT molecular complexity index is 1120. The van der Waals surface area contributed by atoms with Crippen molar-refractivity contribution in [3.63, 3.8) is 0 Å². The lowest BCUT2D eigenvalue weighted by atomic mass is 9.97. The average molecular weight is 715 g/mol. The zero-order valence-electron chi connectivity index (χ0n) is 25.4. The van der Waals surface area contributed by atoms with Crippen molar-refractivity contribution < 1.29 is 86.1 Å². The highest BCUT2D eigenvalue weighted by molar-refractivity contribution is 9.18. The molecule has 1 fully saturated rings. The second kappa shape index (κ2) is 18.3. The fraction of sp³-hybridized carbons (Fsp3) is 0.692. The van der Waals surface area contributed by atoms with E-state index in [1.807, 2.05) is 0 Å². The lowest BCUT2D eigenvalue weighted by Crippen LogP contribution is -2.65. The minimum atomic E-state index is -1.99. The normalized spacial score (nSPS) is 23.5. The lowest BCUT2D eigenvalue weighted by Gasteiger charge is -2.45. The van der Waals surface area contributed by atoms with E-state index >= 15 is 0 Å². The van der Waals surface area contributed by atoms with Crippen LogP contribution in [0.3, 0.4) is 0 Å². The van der Waals surface area contributed by atoms with Crippen LogP contribution in [0.15, 0.2) is 0 Å². The summed E-state index contributed by atoms with van der Waals surface area (Å²) in [5, 5.41) is 10.1. The van der Waals surface area contributed by atoms with Gasteiger partial charge in [-0.1, -0.05) is 0 Å². The Morgan fingerprint density at radius 1 is 0.644 bits per heavy atom. The lowest BCUT2D eigenvalue weighted by molar-refractivity contribution is -0.330. The van der Waals surface area contributed by atoms with Crippen LogP contribution in [0.1, 0.15) is 48.5 Å². The number of aliphatic hydroxyl groups excluding tert-OH is 1. The van der Waals surface area contributed by atoms with E-state index in [0.29, 0.717) is 0 Å². The van der Waals surface area contributed by atoms with E-state index in [4.69, 9.17) is 42.6 Å². The molecule has 0 aliphatic carbocycles. The molecule has 45 heavy (non-hydrogen) atoms. The maximum atomic E-state index is 12.6. The standard InChI is InChI=1S/C26H35BrO18/c1-10(29)37-9-18(38-11(2)30)20(21(40-13(4)32)23(25(27)36)42-15(6)34)45-26-24(43-16(7)35)22(41-14(5)33)19(39-12(3)31)17(8-28)44-26/h17-24,26,28H,8-9H2,1-7H3/t17-,18-,19-,20-,21+,22+,23-,24-,26-/m1/s1. The van der Waals surface area contributed by atoms with E-state index in [-0.39, 0.29) is 0 Å². The van der Waals surface area contributed by atoms with Crippen molar-refractivity contribution in [3.8, 4) is 0 Å². The fourth-order valence-corrected chi connectivity index (χ4v) is 4.52. The number of aliphatic hydroxyl groups is 1. The van der Waals surface area contributed by atoms with Gasteiger partial charge in [0, 0.05) is 48.5 Å². The number of rotatable bonds is 15. The molecule has 254 valence electrons. The van der Waals surface area contributed by atoms with Crippen LogP contribution < -0.4 is 0 Å². The summed E-state index contributed by atoms with van der Waals surface area (Å²) in [5.41, 5.74) is 0. The summed E-state index contributed by atoms with van der Waals surface area (Å²) >= 11 is 2.65. The van der Waals surface area contributed by atoms with Crippen molar-refractivity contribution in [1.82, 2.24) is 0 Å². The highest BCUT2D eigenvalue weighted by atomic mass is 79.9. The zero-order valence-corrected chi connectivity index (χ0v) is 27.0. The molecule has 0 unspecified atom stereocenters. The largest absolute Gasteiger partial charge is 0.462 e. The SMILES string of the molecule is CC(=O)OC[C@@H](OC(C)=O)[C@@H](O[C@H]1O[C@H](CO)[C@@H](OC(C)=O)[C@H](OC(C)=O)[C@H]1OC(C)=O)[C@H](OC(C)=O)[C@@H](OC(C)=O)C(=O)Br. The molecular formula is C26H35BrO18. The van der Waals surface area contributed by atoms with E-state index in [2.05, 4.69) is 15.9 Å². The van der Waals surface area contributed by atoms with Gasteiger partial charge in [-0.25, -0.2) is 0 Å². The van der Waals surface area contributed by atoms with E-state index in [9.17, 15) is 43.5 Å². The maximum absolute atomic E-state index is 12.6. The summed E-state index contributed by atoms with van der Waals surface area (Å²) in [6.07, 6.45) is -16.2. The molecule has 9 atom stereocenters. The van der Waals surface area contributed by atoms with Gasteiger partial charge in [0.05, 0.1) is 6.61 Å². The fourth-order valence-electron chi connectivity index (χ4n) is 4.17. The minimum Gasteiger partial charge on any atom is -0.462 e. The third kappa shape index (κ3) is 13.1. The van der Waals surface area contributed by atoms with Crippen LogP contribution in [-0.4, -0.2) is 120 Å².